The molecule has 2 nitrogen and oxygen atoms in total. The topological polar surface area (TPSA) is 25.8 Å². The van der Waals surface area contributed by atoms with Gasteiger partial charge in [-0.2, -0.15) is 0 Å². The zero-order valence-corrected chi connectivity index (χ0v) is 27.4. The van der Waals surface area contributed by atoms with Crippen LogP contribution >= 0.6 is 0 Å². The third-order valence-corrected chi connectivity index (χ3v) is 10.7. The van der Waals surface area contributed by atoms with Crippen molar-refractivity contribution in [3.8, 4) is 44.9 Å². The molecule has 230 valence electrons. The van der Waals surface area contributed by atoms with E-state index in [2.05, 4.69) is 172 Å². The summed E-state index contributed by atoms with van der Waals surface area (Å²) in [4.78, 5) is 10.8. The minimum Gasteiger partial charge on any atom is -0.228 e. The largest absolute Gasteiger partial charge is 0.228 e. The highest BCUT2D eigenvalue weighted by Crippen LogP contribution is 2.52. The number of hydrogen-bond acceptors (Lipinski definition) is 2. The Morgan fingerprint density at radius 1 is 0.408 bits per heavy atom. The first kappa shape index (κ1) is 27.9. The average molecular weight is 625 g/mol. The van der Waals surface area contributed by atoms with Gasteiger partial charge < -0.3 is 0 Å². The van der Waals surface area contributed by atoms with E-state index in [0.29, 0.717) is 0 Å². The summed E-state index contributed by atoms with van der Waals surface area (Å²) in [5, 5.41) is 8.33. The molecule has 9 aromatic rings. The van der Waals surface area contributed by atoms with E-state index in [9.17, 15) is 0 Å². The maximum absolute atomic E-state index is 5.57. The normalized spacial score (nSPS) is 13.3. The molecule has 0 saturated carbocycles. The van der Waals surface area contributed by atoms with E-state index in [1.165, 1.54) is 65.7 Å². The van der Waals surface area contributed by atoms with Crippen molar-refractivity contribution in [2.45, 2.75) is 19.3 Å². The summed E-state index contributed by atoms with van der Waals surface area (Å²) in [6.07, 6.45) is 0. The Morgan fingerprint density at radius 2 is 0.980 bits per heavy atom. The number of nitrogens with zero attached hydrogens (tertiary/aromatic N) is 2. The summed E-state index contributed by atoms with van der Waals surface area (Å²) < 4.78 is 0. The van der Waals surface area contributed by atoms with Gasteiger partial charge in [0.15, 0.2) is 5.82 Å². The highest BCUT2D eigenvalue weighted by Gasteiger charge is 2.37. The summed E-state index contributed by atoms with van der Waals surface area (Å²) in [6, 6.07) is 57.0. The lowest BCUT2D eigenvalue weighted by atomic mass is 9.82. The molecule has 1 aliphatic rings. The minimum absolute atomic E-state index is 0.105. The van der Waals surface area contributed by atoms with Gasteiger partial charge >= 0.3 is 0 Å². The number of hydrogen-bond donors (Lipinski definition) is 0. The first-order valence-electron chi connectivity index (χ1n) is 17.0. The number of fused-ring (bicyclic) bond motifs is 7. The van der Waals surface area contributed by atoms with Crippen LogP contribution in [0.5, 0.6) is 0 Å². The summed E-state index contributed by atoms with van der Waals surface area (Å²) in [5.74, 6) is 0.754. The summed E-state index contributed by atoms with van der Waals surface area (Å²) in [5.41, 5.74) is 11.7. The van der Waals surface area contributed by atoms with Crippen molar-refractivity contribution in [3.63, 3.8) is 0 Å². The molecule has 49 heavy (non-hydrogen) atoms. The molecule has 8 aromatic carbocycles. The van der Waals surface area contributed by atoms with Gasteiger partial charge in [-0.15, -0.1) is 0 Å². The molecule has 1 aliphatic carbocycles. The molecular formula is C47H32N2. The molecule has 0 spiro atoms. The van der Waals surface area contributed by atoms with E-state index in [1.807, 2.05) is 0 Å². The van der Waals surface area contributed by atoms with Crippen molar-refractivity contribution in [3.05, 3.63) is 169 Å². The van der Waals surface area contributed by atoms with Crippen molar-refractivity contribution in [2.24, 2.45) is 0 Å². The zero-order chi connectivity index (χ0) is 32.7. The molecule has 0 amide bonds. The van der Waals surface area contributed by atoms with Crippen molar-refractivity contribution in [2.75, 3.05) is 0 Å². The molecule has 0 fully saturated rings. The Morgan fingerprint density at radius 3 is 1.73 bits per heavy atom. The Kier molecular flexibility index (Phi) is 5.95. The van der Waals surface area contributed by atoms with Crippen LogP contribution < -0.4 is 0 Å². The Bertz CT molecular complexity index is 2750. The van der Waals surface area contributed by atoms with Crippen LogP contribution in [0, 0.1) is 0 Å². The van der Waals surface area contributed by atoms with Gasteiger partial charge in [0.1, 0.15) is 0 Å². The number of rotatable bonds is 3. The molecule has 0 saturated heterocycles. The fourth-order valence-corrected chi connectivity index (χ4v) is 8.37. The van der Waals surface area contributed by atoms with Crippen LogP contribution in [0.2, 0.25) is 0 Å². The van der Waals surface area contributed by atoms with Crippen molar-refractivity contribution in [1.82, 2.24) is 9.97 Å². The molecule has 0 N–H and O–H groups in total. The molecular weight excluding hydrogens is 593 g/mol. The van der Waals surface area contributed by atoms with Crippen LogP contribution in [-0.4, -0.2) is 9.97 Å². The second-order valence-corrected chi connectivity index (χ2v) is 13.7. The lowest BCUT2D eigenvalue weighted by Gasteiger charge is -2.21. The van der Waals surface area contributed by atoms with Crippen molar-refractivity contribution < 1.29 is 0 Å². The molecule has 0 aliphatic heterocycles. The maximum Gasteiger partial charge on any atom is 0.161 e. The predicted octanol–water partition coefficient (Wildman–Crippen LogP) is 12.4. The second kappa shape index (κ2) is 10.4. The number of aromatic nitrogens is 2. The van der Waals surface area contributed by atoms with Crippen LogP contribution in [0.4, 0.5) is 0 Å². The van der Waals surface area contributed by atoms with Gasteiger partial charge in [-0.1, -0.05) is 159 Å². The fraction of sp³-hybridized carbons (Fsp3) is 0.0638. The zero-order valence-electron chi connectivity index (χ0n) is 27.4. The van der Waals surface area contributed by atoms with E-state index < -0.39 is 0 Å². The molecule has 0 radical (unpaired) electrons. The minimum atomic E-state index is -0.105. The van der Waals surface area contributed by atoms with E-state index in [-0.39, 0.29) is 5.41 Å². The first-order chi connectivity index (χ1) is 24.1. The molecule has 1 aromatic heterocycles. The second-order valence-electron chi connectivity index (χ2n) is 13.7. The first-order valence-corrected chi connectivity index (χ1v) is 17.0. The fourth-order valence-electron chi connectivity index (χ4n) is 8.37. The van der Waals surface area contributed by atoms with Gasteiger partial charge in [0.05, 0.1) is 11.2 Å². The SMILES string of the molecule is CC1(C)c2ccccc2-c2c(-c3nc(-c4c5ccccc5c(-c5ccc6ccccc6c5)c5ccccc45)c4ccccc4n3)cccc21. The quantitative estimate of drug-likeness (QED) is 0.183. The van der Waals surface area contributed by atoms with Gasteiger partial charge in [-0.25, -0.2) is 9.97 Å². The number of para-hydroxylation sites is 1. The average Bonchev–Trinajstić information content (AvgIpc) is 3.39. The lowest BCUT2D eigenvalue weighted by Crippen LogP contribution is -2.14. The Labute approximate surface area is 285 Å². The highest BCUT2D eigenvalue weighted by molar-refractivity contribution is 6.23. The Balaban J connectivity index is 1.30. The third kappa shape index (κ3) is 4.07. The van der Waals surface area contributed by atoms with Crippen molar-refractivity contribution in [1.29, 1.82) is 0 Å². The van der Waals surface area contributed by atoms with E-state index in [4.69, 9.17) is 9.97 Å². The lowest BCUT2D eigenvalue weighted by molar-refractivity contribution is 0.660. The summed E-state index contributed by atoms with van der Waals surface area (Å²) in [6.45, 7) is 4.65. The molecule has 0 unspecified atom stereocenters. The van der Waals surface area contributed by atoms with Crippen LogP contribution in [0.3, 0.4) is 0 Å². The highest BCUT2D eigenvalue weighted by atomic mass is 14.9. The van der Waals surface area contributed by atoms with Crippen molar-refractivity contribution >= 4 is 43.2 Å². The van der Waals surface area contributed by atoms with Crippen LogP contribution in [-0.2, 0) is 5.41 Å². The maximum atomic E-state index is 5.57. The molecule has 0 atom stereocenters. The molecule has 10 rings (SSSR count). The smallest absolute Gasteiger partial charge is 0.161 e. The molecule has 1 heterocycles. The van der Waals surface area contributed by atoms with Gasteiger partial charge in [0, 0.05) is 21.9 Å². The van der Waals surface area contributed by atoms with Crippen LogP contribution in [0.1, 0.15) is 25.0 Å². The van der Waals surface area contributed by atoms with E-state index >= 15 is 0 Å². The molecule has 2 heteroatoms. The molecule has 0 bridgehead atoms. The van der Waals surface area contributed by atoms with Gasteiger partial charge in [-0.3, -0.25) is 0 Å². The van der Waals surface area contributed by atoms with E-state index in [1.54, 1.807) is 0 Å². The van der Waals surface area contributed by atoms with Gasteiger partial charge in [-0.05, 0) is 77.8 Å². The summed E-state index contributed by atoms with van der Waals surface area (Å²) in [7, 11) is 0. The summed E-state index contributed by atoms with van der Waals surface area (Å²) >= 11 is 0. The predicted molar refractivity (Wildman–Crippen MR) is 206 cm³/mol. The Hall–Kier alpha value is -6.12. The standard InChI is InChI=1S/C47H32N2/c1-47(2)39-23-11-9-20-36(39)43-38(22-13-24-40(43)47)46-48-41-25-12-10-21-37(41)45(49-46)44-34-18-7-5-16-32(34)42(33-17-6-8-19-35(33)44)31-27-26-29-14-3-4-15-30(29)28-31/h3-28H,1-2H3. The third-order valence-electron chi connectivity index (χ3n) is 10.7. The van der Waals surface area contributed by atoms with Crippen LogP contribution in [0.25, 0.3) is 88.1 Å². The van der Waals surface area contributed by atoms with Gasteiger partial charge in [0.2, 0.25) is 0 Å². The van der Waals surface area contributed by atoms with E-state index in [0.717, 1.165) is 33.5 Å². The van der Waals surface area contributed by atoms with Gasteiger partial charge in [0.25, 0.3) is 0 Å². The van der Waals surface area contributed by atoms with Crippen LogP contribution in [0.15, 0.2) is 158 Å². The monoisotopic (exact) mass is 624 g/mol. The number of benzene rings is 8.